The lowest BCUT2D eigenvalue weighted by atomic mass is 10.0. The van der Waals surface area contributed by atoms with Gasteiger partial charge in [-0.05, 0) is 49.9 Å². The summed E-state index contributed by atoms with van der Waals surface area (Å²) < 4.78 is 0. The fraction of sp³-hybridized carbons (Fsp3) is 0.500. The number of aryl methyl sites for hydroxylation is 2. The number of hydrogen-bond acceptors (Lipinski definition) is 6. The predicted molar refractivity (Wildman–Crippen MR) is 119 cm³/mol. The average Bonchev–Trinajstić information content (AvgIpc) is 2.75. The van der Waals surface area contributed by atoms with Gasteiger partial charge in [-0.15, -0.1) is 0 Å². The zero-order chi connectivity index (χ0) is 20.8. The summed E-state index contributed by atoms with van der Waals surface area (Å²) in [5.41, 5.74) is 10.5. The minimum Gasteiger partial charge on any atom is -0.341 e. The van der Waals surface area contributed by atoms with Crippen LogP contribution in [0.4, 0.5) is 0 Å². The summed E-state index contributed by atoms with van der Waals surface area (Å²) in [6.07, 6.45) is 5.55. The van der Waals surface area contributed by atoms with Crippen molar-refractivity contribution in [2.24, 2.45) is 5.73 Å². The first kappa shape index (κ1) is 21.7. The van der Waals surface area contributed by atoms with Gasteiger partial charge in [0, 0.05) is 50.4 Å². The maximum absolute atomic E-state index is 12.4. The summed E-state index contributed by atoms with van der Waals surface area (Å²) in [6.45, 7) is 7.21. The van der Waals surface area contributed by atoms with E-state index in [1.807, 2.05) is 29.4 Å². The van der Waals surface area contributed by atoms with Crippen LogP contribution in [0.5, 0.6) is 0 Å². The molecule has 6 nitrogen and oxygen atoms in total. The van der Waals surface area contributed by atoms with Crippen molar-refractivity contribution in [1.82, 2.24) is 19.8 Å². The molecule has 2 aromatic rings. The van der Waals surface area contributed by atoms with Gasteiger partial charge < -0.3 is 10.6 Å². The molecule has 0 radical (unpaired) electrons. The number of rotatable bonds is 7. The van der Waals surface area contributed by atoms with Gasteiger partial charge in [0.1, 0.15) is 0 Å². The third-order valence-corrected chi connectivity index (χ3v) is 6.14. The molecule has 7 heteroatoms. The highest BCUT2D eigenvalue weighted by Crippen LogP contribution is 2.22. The summed E-state index contributed by atoms with van der Waals surface area (Å²) in [4.78, 5) is 25.9. The van der Waals surface area contributed by atoms with Crippen LogP contribution in [0.3, 0.4) is 0 Å². The number of pyridine rings is 2. The van der Waals surface area contributed by atoms with Gasteiger partial charge in [-0.3, -0.25) is 19.7 Å². The predicted octanol–water partition coefficient (Wildman–Crippen LogP) is 2.34. The molecule has 0 saturated carbocycles. The molecule has 1 saturated heterocycles. The third kappa shape index (κ3) is 5.56. The maximum Gasteiger partial charge on any atom is 0.240 e. The molecule has 3 heterocycles. The summed E-state index contributed by atoms with van der Waals surface area (Å²) in [5, 5.41) is 0. The number of thiol groups is 1. The van der Waals surface area contributed by atoms with Gasteiger partial charge in [0.15, 0.2) is 0 Å². The second-order valence-electron chi connectivity index (χ2n) is 7.78. The van der Waals surface area contributed by atoms with Crippen LogP contribution in [-0.4, -0.2) is 56.6 Å². The molecule has 0 aromatic carbocycles. The van der Waals surface area contributed by atoms with E-state index in [1.54, 1.807) is 0 Å². The molecule has 1 atom stereocenters. The van der Waals surface area contributed by atoms with Crippen molar-refractivity contribution in [3.8, 4) is 0 Å². The molecule has 2 aromatic heterocycles. The Morgan fingerprint density at radius 2 is 1.66 bits per heavy atom. The topological polar surface area (TPSA) is 75.4 Å². The zero-order valence-corrected chi connectivity index (χ0v) is 18.2. The number of likely N-dealkylation sites (tertiary alicyclic amines) is 1. The van der Waals surface area contributed by atoms with E-state index in [4.69, 9.17) is 5.73 Å². The van der Waals surface area contributed by atoms with E-state index in [1.165, 1.54) is 11.1 Å². The molecule has 1 aliphatic rings. The minimum atomic E-state index is -0.515. The van der Waals surface area contributed by atoms with Gasteiger partial charge in [-0.1, -0.05) is 12.1 Å². The molecule has 1 unspecified atom stereocenters. The second-order valence-corrected chi connectivity index (χ2v) is 8.15. The minimum absolute atomic E-state index is 0.00569. The first-order valence-corrected chi connectivity index (χ1v) is 10.8. The molecule has 29 heavy (non-hydrogen) atoms. The van der Waals surface area contributed by atoms with Crippen molar-refractivity contribution in [2.75, 3.05) is 18.8 Å². The van der Waals surface area contributed by atoms with Crippen molar-refractivity contribution in [2.45, 2.75) is 51.9 Å². The average molecular weight is 414 g/mol. The van der Waals surface area contributed by atoms with Crippen LogP contribution in [0, 0.1) is 13.8 Å². The molecule has 1 fully saturated rings. The molecule has 0 bridgehead atoms. The molecule has 1 aliphatic heterocycles. The second kappa shape index (κ2) is 10.2. The van der Waals surface area contributed by atoms with E-state index < -0.39 is 6.04 Å². The number of amides is 1. The number of carbonyl (C=O) groups excluding carboxylic acids is 1. The SMILES string of the molecule is Cc1cccnc1CN(Cc1ncccc1C)C1CCN(C(=O)C(N)CS)CC1. The first-order chi connectivity index (χ1) is 14.0. The van der Waals surface area contributed by atoms with Gasteiger partial charge >= 0.3 is 0 Å². The van der Waals surface area contributed by atoms with Crippen LogP contribution in [0.15, 0.2) is 36.7 Å². The highest BCUT2D eigenvalue weighted by molar-refractivity contribution is 7.80. The Hall–Kier alpha value is -1.96. The van der Waals surface area contributed by atoms with Gasteiger partial charge in [0.2, 0.25) is 5.91 Å². The summed E-state index contributed by atoms with van der Waals surface area (Å²) in [6, 6.07) is 8.01. The monoisotopic (exact) mass is 413 g/mol. The molecular weight excluding hydrogens is 382 g/mol. The van der Waals surface area contributed by atoms with E-state index in [0.717, 1.165) is 50.4 Å². The molecule has 0 spiro atoms. The van der Waals surface area contributed by atoms with Gasteiger partial charge in [0.05, 0.1) is 17.4 Å². The zero-order valence-electron chi connectivity index (χ0n) is 17.3. The van der Waals surface area contributed by atoms with Crippen LogP contribution in [0.2, 0.25) is 0 Å². The Kier molecular flexibility index (Phi) is 7.64. The molecule has 156 valence electrons. The molecule has 0 aliphatic carbocycles. The molecular formula is C22H31N5OS. The van der Waals surface area contributed by atoms with Crippen LogP contribution >= 0.6 is 12.6 Å². The van der Waals surface area contributed by atoms with Crippen LogP contribution in [0.1, 0.15) is 35.4 Å². The summed E-state index contributed by atoms with van der Waals surface area (Å²) in [7, 11) is 0. The van der Waals surface area contributed by atoms with Gasteiger partial charge in [-0.25, -0.2) is 0 Å². The number of nitrogens with zero attached hydrogens (tertiary/aromatic N) is 4. The van der Waals surface area contributed by atoms with Crippen molar-refractivity contribution in [3.05, 3.63) is 59.2 Å². The quantitative estimate of drug-likeness (QED) is 0.682. The van der Waals surface area contributed by atoms with Crippen LogP contribution in [-0.2, 0) is 17.9 Å². The Morgan fingerprint density at radius 3 is 2.10 bits per heavy atom. The van der Waals surface area contributed by atoms with Crippen molar-refractivity contribution in [1.29, 1.82) is 0 Å². The van der Waals surface area contributed by atoms with E-state index in [9.17, 15) is 4.79 Å². The lowest BCUT2D eigenvalue weighted by molar-refractivity contribution is -0.133. The number of aromatic nitrogens is 2. The van der Waals surface area contributed by atoms with Crippen LogP contribution in [0.25, 0.3) is 0 Å². The van der Waals surface area contributed by atoms with Crippen molar-refractivity contribution in [3.63, 3.8) is 0 Å². The third-order valence-electron chi connectivity index (χ3n) is 5.75. The Balaban J connectivity index is 1.74. The smallest absolute Gasteiger partial charge is 0.240 e. The summed E-state index contributed by atoms with van der Waals surface area (Å²) >= 11 is 4.16. The number of piperidine rings is 1. The Bertz CT molecular complexity index is 775. The standard InChI is InChI=1S/C22H31N5OS/c1-16-5-3-9-24-20(16)13-27(14-21-17(2)6-4-10-25-21)18-7-11-26(12-8-18)22(28)19(23)15-29/h3-6,9-10,18-19,29H,7-8,11-15,23H2,1-2H3. The maximum atomic E-state index is 12.4. The normalized spacial score (nSPS) is 16.2. The highest BCUT2D eigenvalue weighted by atomic mass is 32.1. The molecule has 3 rings (SSSR count). The van der Waals surface area contributed by atoms with E-state index >= 15 is 0 Å². The van der Waals surface area contributed by atoms with E-state index in [-0.39, 0.29) is 5.91 Å². The van der Waals surface area contributed by atoms with E-state index in [2.05, 4.69) is 53.5 Å². The van der Waals surface area contributed by atoms with Gasteiger partial charge in [0.25, 0.3) is 0 Å². The fourth-order valence-corrected chi connectivity index (χ4v) is 3.99. The van der Waals surface area contributed by atoms with Crippen LogP contribution < -0.4 is 5.73 Å². The largest absolute Gasteiger partial charge is 0.341 e. The molecule has 2 N–H and O–H groups in total. The highest BCUT2D eigenvalue weighted by Gasteiger charge is 2.29. The Morgan fingerprint density at radius 1 is 1.14 bits per heavy atom. The number of carbonyl (C=O) groups is 1. The van der Waals surface area contributed by atoms with Crippen molar-refractivity contribution >= 4 is 18.5 Å². The number of nitrogens with two attached hydrogens (primary N) is 1. The number of hydrogen-bond donors (Lipinski definition) is 2. The lowest BCUT2D eigenvalue weighted by Gasteiger charge is -2.39. The van der Waals surface area contributed by atoms with E-state index in [0.29, 0.717) is 11.8 Å². The first-order valence-electron chi connectivity index (χ1n) is 10.2. The fourth-order valence-electron chi connectivity index (χ4n) is 3.83. The summed E-state index contributed by atoms with van der Waals surface area (Å²) in [5.74, 6) is 0.383. The van der Waals surface area contributed by atoms with Gasteiger partial charge in [-0.2, -0.15) is 12.6 Å². The Labute approximate surface area is 178 Å². The van der Waals surface area contributed by atoms with Crippen molar-refractivity contribution < 1.29 is 4.79 Å². The lowest BCUT2D eigenvalue weighted by Crippen LogP contribution is -2.51. The molecule has 1 amide bonds.